The minimum absolute atomic E-state index is 0.151. The van der Waals surface area contributed by atoms with E-state index < -0.39 is 6.04 Å². The standard InChI is InChI=1S/C21H26N4O2/c26-20(18-7-4-10-22-15-18)25-19(13-16-5-2-1-3-6-16)21(27)24-12-9-17-8-11-23-14-17/h1-7,10,15,17,19,23H,8-9,11-14H2,(H,24,27)(H,25,26). The van der Waals surface area contributed by atoms with E-state index in [0.717, 1.165) is 31.5 Å². The monoisotopic (exact) mass is 366 g/mol. The van der Waals surface area contributed by atoms with Crippen molar-refractivity contribution >= 4 is 11.8 Å². The van der Waals surface area contributed by atoms with Crippen LogP contribution >= 0.6 is 0 Å². The summed E-state index contributed by atoms with van der Waals surface area (Å²) in [5.41, 5.74) is 1.45. The third-order valence-corrected chi connectivity index (χ3v) is 4.84. The largest absolute Gasteiger partial charge is 0.354 e. The number of carbonyl (C=O) groups excluding carboxylic acids is 2. The summed E-state index contributed by atoms with van der Waals surface area (Å²) in [5.74, 6) is 0.170. The van der Waals surface area contributed by atoms with Gasteiger partial charge in [0.25, 0.3) is 5.91 Å². The lowest BCUT2D eigenvalue weighted by molar-refractivity contribution is -0.123. The minimum atomic E-state index is -0.623. The van der Waals surface area contributed by atoms with Gasteiger partial charge >= 0.3 is 0 Å². The summed E-state index contributed by atoms with van der Waals surface area (Å²) in [6.45, 7) is 2.69. The maximum absolute atomic E-state index is 12.7. The first-order valence-electron chi connectivity index (χ1n) is 9.45. The first-order valence-corrected chi connectivity index (χ1v) is 9.45. The third-order valence-electron chi connectivity index (χ3n) is 4.84. The molecular weight excluding hydrogens is 340 g/mol. The molecule has 1 aliphatic rings. The Morgan fingerprint density at radius 2 is 2.04 bits per heavy atom. The Kier molecular flexibility index (Phi) is 6.93. The zero-order valence-electron chi connectivity index (χ0n) is 15.4. The second-order valence-electron chi connectivity index (χ2n) is 6.90. The van der Waals surface area contributed by atoms with Crippen molar-refractivity contribution in [2.45, 2.75) is 25.3 Å². The zero-order valence-corrected chi connectivity index (χ0v) is 15.4. The molecule has 1 aromatic heterocycles. The fourth-order valence-electron chi connectivity index (χ4n) is 3.28. The maximum Gasteiger partial charge on any atom is 0.253 e. The van der Waals surface area contributed by atoms with Crippen LogP contribution in [0.25, 0.3) is 0 Å². The highest BCUT2D eigenvalue weighted by atomic mass is 16.2. The molecule has 0 radical (unpaired) electrons. The molecule has 0 bridgehead atoms. The molecule has 2 unspecified atom stereocenters. The molecule has 3 rings (SSSR count). The molecule has 2 heterocycles. The Balaban J connectivity index is 1.61. The Bertz CT molecular complexity index is 730. The van der Waals surface area contributed by atoms with Gasteiger partial charge < -0.3 is 16.0 Å². The smallest absolute Gasteiger partial charge is 0.253 e. The molecule has 2 aromatic rings. The van der Waals surface area contributed by atoms with Gasteiger partial charge in [-0.15, -0.1) is 0 Å². The van der Waals surface area contributed by atoms with Gasteiger partial charge in [0.1, 0.15) is 6.04 Å². The molecule has 142 valence electrons. The SMILES string of the molecule is O=C(NC(Cc1ccccc1)C(=O)NCCC1CCNC1)c1cccnc1. The topological polar surface area (TPSA) is 83.1 Å². The van der Waals surface area contributed by atoms with Crippen LogP contribution in [0.15, 0.2) is 54.9 Å². The number of pyridine rings is 1. The van der Waals surface area contributed by atoms with Gasteiger partial charge in [-0.05, 0) is 49.5 Å². The van der Waals surface area contributed by atoms with Crippen LogP contribution in [0.1, 0.15) is 28.8 Å². The molecular formula is C21H26N4O2. The second kappa shape index (κ2) is 9.83. The van der Waals surface area contributed by atoms with E-state index >= 15 is 0 Å². The number of carbonyl (C=O) groups is 2. The summed E-state index contributed by atoms with van der Waals surface area (Å²) in [5, 5.41) is 9.18. The van der Waals surface area contributed by atoms with Crippen LogP contribution in [0.3, 0.4) is 0 Å². The molecule has 0 aliphatic carbocycles. The summed E-state index contributed by atoms with van der Waals surface area (Å²) in [6.07, 6.45) is 5.67. The molecule has 2 atom stereocenters. The zero-order chi connectivity index (χ0) is 18.9. The molecule has 1 fully saturated rings. The minimum Gasteiger partial charge on any atom is -0.354 e. The number of hydrogen-bond acceptors (Lipinski definition) is 4. The van der Waals surface area contributed by atoms with Crippen LogP contribution < -0.4 is 16.0 Å². The van der Waals surface area contributed by atoms with Gasteiger partial charge in [-0.3, -0.25) is 14.6 Å². The summed E-state index contributed by atoms with van der Waals surface area (Å²) in [4.78, 5) is 29.2. The molecule has 6 heteroatoms. The first kappa shape index (κ1) is 19.0. The molecule has 2 amide bonds. The van der Waals surface area contributed by atoms with E-state index in [9.17, 15) is 9.59 Å². The fourth-order valence-corrected chi connectivity index (χ4v) is 3.28. The van der Waals surface area contributed by atoms with Gasteiger partial charge in [-0.25, -0.2) is 0 Å². The highest BCUT2D eigenvalue weighted by Gasteiger charge is 2.22. The van der Waals surface area contributed by atoms with Gasteiger partial charge in [0.15, 0.2) is 0 Å². The van der Waals surface area contributed by atoms with Crippen molar-refractivity contribution in [3.63, 3.8) is 0 Å². The first-order chi connectivity index (χ1) is 13.2. The highest BCUT2D eigenvalue weighted by molar-refractivity contribution is 5.97. The van der Waals surface area contributed by atoms with Crippen molar-refractivity contribution in [2.24, 2.45) is 5.92 Å². The predicted molar refractivity (Wildman–Crippen MR) is 104 cm³/mol. The average Bonchev–Trinajstić information content (AvgIpc) is 3.22. The van der Waals surface area contributed by atoms with E-state index in [-0.39, 0.29) is 11.8 Å². The lowest BCUT2D eigenvalue weighted by Crippen LogP contribution is -2.48. The third kappa shape index (κ3) is 5.89. The number of benzene rings is 1. The number of amides is 2. The molecule has 0 spiro atoms. The van der Waals surface area contributed by atoms with Gasteiger partial charge in [-0.1, -0.05) is 30.3 Å². The van der Waals surface area contributed by atoms with Gasteiger partial charge in [0, 0.05) is 25.4 Å². The van der Waals surface area contributed by atoms with Crippen molar-refractivity contribution < 1.29 is 9.59 Å². The van der Waals surface area contributed by atoms with Crippen LogP contribution in [0.2, 0.25) is 0 Å². The Hall–Kier alpha value is -2.73. The molecule has 1 aliphatic heterocycles. The van der Waals surface area contributed by atoms with Gasteiger partial charge in [0.05, 0.1) is 5.56 Å². The van der Waals surface area contributed by atoms with E-state index in [0.29, 0.717) is 24.4 Å². The Morgan fingerprint density at radius 1 is 1.19 bits per heavy atom. The highest BCUT2D eigenvalue weighted by Crippen LogP contribution is 2.11. The number of nitrogens with zero attached hydrogens (tertiary/aromatic N) is 1. The van der Waals surface area contributed by atoms with Gasteiger partial charge in [0.2, 0.25) is 5.91 Å². The fraction of sp³-hybridized carbons (Fsp3) is 0.381. The van der Waals surface area contributed by atoms with Gasteiger partial charge in [-0.2, -0.15) is 0 Å². The van der Waals surface area contributed by atoms with E-state index in [1.165, 1.54) is 6.20 Å². The van der Waals surface area contributed by atoms with E-state index in [1.54, 1.807) is 18.3 Å². The average molecular weight is 366 g/mol. The van der Waals surface area contributed by atoms with Crippen molar-refractivity contribution in [1.29, 1.82) is 0 Å². The second-order valence-corrected chi connectivity index (χ2v) is 6.90. The van der Waals surface area contributed by atoms with Crippen molar-refractivity contribution in [2.75, 3.05) is 19.6 Å². The molecule has 6 nitrogen and oxygen atoms in total. The van der Waals surface area contributed by atoms with Crippen molar-refractivity contribution in [1.82, 2.24) is 20.9 Å². The van der Waals surface area contributed by atoms with Crippen LogP contribution in [-0.4, -0.2) is 42.5 Å². The lowest BCUT2D eigenvalue weighted by atomic mass is 10.0. The molecule has 1 saturated heterocycles. The van der Waals surface area contributed by atoms with Crippen molar-refractivity contribution in [3.05, 3.63) is 66.0 Å². The number of rotatable bonds is 8. The van der Waals surface area contributed by atoms with E-state index in [2.05, 4.69) is 20.9 Å². The van der Waals surface area contributed by atoms with E-state index in [4.69, 9.17) is 0 Å². The van der Waals surface area contributed by atoms with Crippen LogP contribution in [0.4, 0.5) is 0 Å². The molecule has 1 aromatic carbocycles. The summed E-state index contributed by atoms with van der Waals surface area (Å²) >= 11 is 0. The summed E-state index contributed by atoms with van der Waals surface area (Å²) in [6, 6.07) is 12.5. The predicted octanol–water partition coefficient (Wildman–Crippen LogP) is 1.54. The Morgan fingerprint density at radius 3 is 2.74 bits per heavy atom. The summed E-state index contributed by atoms with van der Waals surface area (Å²) < 4.78 is 0. The molecule has 0 saturated carbocycles. The van der Waals surface area contributed by atoms with Crippen LogP contribution in [0.5, 0.6) is 0 Å². The Labute approximate surface area is 159 Å². The van der Waals surface area contributed by atoms with Crippen LogP contribution in [-0.2, 0) is 11.2 Å². The summed E-state index contributed by atoms with van der Waals surface area (Å²) in [7, 11) is 0. The number of nitrogens with one attached hydrogen (secondary N) is 3. The number of aromatic nitrogens is 1. The normalized spacial score (nSPS) is 17.3. The maximum atomic E-state index is 12.7. The van der Waals surface area contributed by atoms with Crippen LogP contribution in [0, 0.1) is 5.92 Å². The van der Waals surface area contributed by atoms with E-state index in [1.807, 2.05) is 30.3 Å². The lowest BCUT2D eigenvalue weighted by Gasteiger charge is -2.19. The number of hydrogen-bond donors (Lipinski definition) is 3. The molecule has 3 N–H and O–H groups in total. The van der Waals surface area contributed by atoms with Crippen molar-refractivity contribution in [3.8, 4) is 0 Å². The molecule has 27 heavy (non-hydrogen) atoms. The quantitative estimate of drug-likeness (QED) is 0.662.